The Morgan fingerprint density at radius 2 is 2.13 bits per heavy atom. The Kier molecular flexibility index (Phi) is 3.74. The van der Waals surface area contributed by atoms with Crippen molar-refractivity contribution in [3.63, 3.8) is 0 Å². The van der Waals surface area contributed by atoms with Gasteiger partial charge in [0.25, 0.3) is 0 Å². The summed E-state index contributed by atoms with van der Waals surface area (Å²) in [5.74, 6) is -0.264. The van der Waals surface area contributed by atoms with Crippen molar-refractivity contribution in [3.8, 4) is 0 Å². The summed E-state index contributed by atoms with van der Waals surface area (Å²) >= 11 is 0. The van der Waals surface area contributed by atoms with Crippen molar-refractivity contribution in [2.24, 2.45) is 0 Å². The van der Waals surface area contributed by atoms with Crippen LogP contribution in [0.25, 0.3) is 0 Å². The Morgan fingerprint density at radius 1 is 1.53 bits per heavy atom. The van der Waals surface area contributed by atoms with Gasteiger partial charge in [-0.2, -0.15) is 0 Å². The molecule has 0 aliphatic heterocycles. The zero-order chi connectivity index (χ0) is 11.3. The lowest BCUT2D eigenvalue weighted by atomic mass is 9.98. The summed E-state index contributed by atoms with van der Waals surface area (Å²) in [7, 11) is 0. The van der Waals surface area contributed by atoms with Gasteiger partial charge in [-0.05, 0) is 19.4 Å². The highest BCUT2D eigenvalue weighted by Gasteiger charge is 2.27. The molecule has 1 heterocycles. The summed E-state index contributed by atoms with van der Waals surface area (Å²) in [6.07, 6.45) is 4.03. The normalized spacial score (nSPS) is 14.5. The van der Waals surface area contributed by atoms with E-state index in [2.05, 4.69) is 15.3 Å². The van der Waals surface area contributed by atoms with Crippen LogP contribution in [0.3, 0.4) is 0 Å². The Morgan fingerprint density at radius 3 is 2.60 bits per heavy atom. The van der Waals surface area contributed by atoms with E-state index in [9.17, 15) is 4.79 Å². The molecule has 5 nitrogen and oxygen atoms in total. The summed E-state index contributed by atoms with van der Waals surface area (Å²) in [5.41, 5.74) is -0.486. The highest BCUT2D eigenvalue weighted by molar-refractivity contribution is 5.69. The van der Waals surface area contributed by atoms with Crippen molar-refractivity contribution in [2.75, 3.05) is 6.54 Å². The maximum absolute atomic E-state index is 10.5. The third kappa shape index (κ3) is 2.99. The molecule has 2 N–H and O–H groups in total. The van der Waals surface area contributed by atoms with E-state index in [1.165, 1.54) is 0 Å². The molecule has 1 aromatic rings. The molecule has 15 heavy (non-hydrogen) atoms. The van der Waals surface area contributed by atoms with E-state index < -0.39 is 11.5 Å². The van der Waals surface area contributed by atoms with Crippen LogP contribution >= 0.6 is 0 Å². The van der Waals surface area contributed by atoms with Crippen molar-refractivity contribution < 1.29 is 9.90 Å². The lowest BCUT2D eigenvalue weighted by molar-refractivity contribution is -0.136. The topological polar surface area (TPSA) is 75.1 Å². The molecule has 1 rings (SSSR count). The molecule has 1 unspecified atom stereocenters. The molecule has 0 saturated heterocycles. The van der Waals surface area contributed by atoms with Crippen molar-refractivity contribution in [2.45, 2.75) is 25.8 Å². The van der Waals surface area contributed by atoms with Crippen LogP contribution in [0.2, 0.25) is 0 Å². The largest absolute Gasteiger partial charge is 0.480 e. The molecule has 0 aromatic carbocycles. The molecular formula is C10H15N3O2. The van der Waals surface area contributed by atoms with Crippen LogP contribution in [0.15, 0.2) is 18.5 Å². The first kappa shape index (κ1) is 11.6. The molecule has 0 saturated carbocycles. The van der Waals surface area contributed by atoms with Crippen LogP contribution in [0.5, 0.6) is 0 Å². The minimum absolute atomic E-state index is 0.0946. The lowest BCUT2D eigenvalue weighted by Gasteiger charge is -2.27. The number of carboxylic acids is 1. The van der Waals surface area contributed by atoms with Gasteiger partial charge in [-0.15, -0.1) is 0 Å². The number of nitrogens with zero attached hydrogens (tertiary/aromatic N) is 2. The molecule has 0 fully saturated rings. The predicted molar refractivity (Wildman–Crippen MR) is 55.3 cm³/mol. The smallest absolute Gasteiger partial charge is 0.317 e. The van der Waals surface area contributed by atoms with Crippen LogP contribution in [-0.2, 0) is 10.3 Å². The van der Waals surface area contributed by atoms with Crippen molar-refractivity contribution in [1.82, 2.24) is 15.3 Å². The van der Waals surface area contributed by atoms with E-state index in [0.717, 1.165) is 6.42 Å². The number of nitrogens with one attached hydrogen (secondary N) is 1. The van der Waals surface area contributed by atoms with Gasteiger partial charge in [-0.1, -0.05) is 6.92 Å². The van der Waals surface area contributed by atoms with Gasteiger partial charge in [0.2, 0.25) is 0 Å². The monoisotopic (exact) mass is 209 g/mol. The molecule has 5 heteroatoms. The molecule has 1 aromatic heterocycles. The number of hydrogen-bond donors (Lipinski definition) is 2. The molecule has 82 valence electrons. The van der Waals surface area contributed by atoms with Crippen LogP contribution in [0, 0.1) is 0 Å². The zero-order valence-electron chi connectivity index (χ0n) is 8.90. The van der Waals surface area contributed by atoms with E-state index in [4.69, 9.17) is 5.11 Å². The Balaban J connectivity index is 2.80. The average molecular weight is 209 g/mol. The van der Waals surface area contributed by atoms with Crippen LogP contribution in [0.1, 0.15) is 26.1 Å². The first-order valence-electron chi connectivity index (χ1n) is 4.83. The maximum Gasteiger partial charge on any atom is 0.317 e. The van der Waals surface area contributed by atoms with E-state index in [1.54, 1.807) is 18.5 Å². The van der Waals surface area contributed by atoms with Gasteiger partial charge in [-0.3, -0.25) is 10.1 Å². The first-order chi connectivity index (χ1) is 7.08. The summed E-state index contributed by atoms with van der Waals surface area (Å²) in [6.45, 7) is 3.76. The standard InChI is InChI=1S/C10H15N3O2/c1-3-10(2,13-7-8(14)15)9-11-5-4-6-12-9/h4-6,13H,3,7H2,1-2H3,(H,14,15). The van der Waals surface area contributed by atoms with Gasteiger partial charge < -0.3 is 5.11 Å². The molecular weight excluding hydrogens is 194 g/mol. The van der Waals surface area contributed by atoms with Crippen molar-refractivity contribution in [1.29, 1.82) is 0 Å². The highest BCUT2D eigenvalue weighted by atomic mass is 16.4. The third-order valence-electron chi connectivity index (χ3n) is 2.40. The molecule has 0 spiro atoms. The average Bonchev–Trinajstić information content (AvgIpc) is 2.27. The third-order valence-corrected chi connectivity index (χ3v) is 2.40. The summed E-state index contributed by atoms with van der Waals surface area (Å²) in [4.78, 5) is 18.8. The van der Waals surface area contributed by atoms with Gasteiger partial charge in [0.1, 0.15) is 5.82 Å². The van der Waals surface area contributed by atoms with Crippen LogP contribution in [0.4, 0.5) is 0 Å². The number of rotatable bonds is 5. The number of aliphatic carboxylic acids is 1. The van der Waals surface area contributed by atoms with Crippen molar-refractivity contribution >= 4 is 5.97 Å². The van der Waals surface area contributed by atoms with Gasteiger partial charge in [0, 0.05) is 12.4 Å². The Hall–Kier alpha value is -1.49. The molecule has 0 aliphatic carbocycles. The van der Waals surface area contributed by atoms with Crippen LogP contribution in [-0.4, -0.2) is 27.6 Å². The maximum atomic E-state index is 10.5. The van der Waals surface area contributed by atoms with E-state index in [-0.39, 0.29) is 6.54 Å². The second-order valence-corrected chi connectivity index (χ2v) is 3.51. The number of carboxylic acid groups (broad SMARTS) is 1. The van der Waals surface area contributed by atoms with Gasteiger partial charge >= 0.3 is 5.97 Å². The fourth-order valence-corrected chi connectivity index (χ4v) is 1.22. The van der Waals surface area contributed by atoms with Gasteiger partial charge in [0.15, 0.2) is 0 Å². The Bertz CT molecular complexity index is 329. The minimum atomic E-state index is -0.884. The summed E-state index contributed by atoms with van der Waals surface area (Å²) < 4.78 is 0. The van der Waals surface area contributed by atoms with E-state index >= 15 is 0 Å². The minimum Gasteiger partial charge on any atom is -0.480 e. The molecule has 0 aliphatic rings. The predicted octanol–water partition coefficient (Wildman–Crippen LogP) is 0.776. The zero-order valence-corrected chi connectivity index (χ0v) is 8.90. The molecule has 0 radical (unpaired) electrons. The summed E-state index contributed by atoms with van der Waals surface area (Å²) in [5, 5.41) is 11.6. The van der Waals surface area contributed by atoms with Gasteiger partial charge in [0.05, 0.1) is 12.1 Å². The second kappa shape index (κ2) is 4.84. The summed E-state index contributed by atoms with van der Waals surface area (Å²) in [6, 6.07) is 1.73. The Labute approximate surface area is 88.6 Å². The van der Waals surface area contributed by atoms with E-state index in [1.807, 2.05) is 13.8 Å². The number of aromatic nitrogens is 2. The van der Waals surface area contributed by atoms with Gasteiger partial charge in [-0.25, -0.2) is 9.97 Å². The number of carbonyl (C=O) groups is 1. The number of hydrogen-bond acceptors (Lipinski definition) is 4. The quantitative estimate of drug-likeness (QED) is 0.749. The second-order valence-electron chi connectivity index (χ2n) is 3.51. The fraction of sp³-hybridized carbons (Fsp3) is 0.500. The SMILES string of the molecule is CCC(C)(NCC(=O)O)c1ncccn1. The first-order valence-corrected chi connectivity index (χ1v) is 4.83. The van der Waals surface area contributed by atoms with Crippen LogP contribution < -0.4 is 5.32 Å². The highest BCUT2D eigenvalue weighted by Crippen LogP contribution is 2.19. The van der Waals surface area contributed by atoms with E-state index in [0.29, 0.717) is 5.82 Å². The molecule has 1 atom stereocenters. The lowest BCUT2D eigenvalue weighted by Crippen LogP contribution is -2.43. The molecule has 0 bridgehead atoms. The fourth-order valence-electron chi connectivity index (χ4n) is 1.22. The van der Waals surface area contributed by atoms with Crippen molar-refractivity contribution in [3.05, 3.63) is 24.3 Å². The molecule has 0 amide bonds.